The molecular formula is C15H23NO2. The van der Waals surface area contributed by atoms with Crippen LogP contribution < -0.4 is 10.1 Å². The average Bonchev–Trinajstić information content (AvgIpc) is 2.12. The Kier molecular flexibility index (Phi) is 5.20. The van der Waals surface area contributed by atoms with Gasteiger partial charge in [0.1, 0.15) is 5.75 Å². The van der Waals surface area contributed by atoms with E-state index in [-0.39, 0.29) is 12.0 Å². The lowest BCUT2D eigenvalue weighted by atomic mass is 10.1. The van der Waals surface area contributed by atoms with Crippen LogP contribution in [0.25, 0.3) is 0 Å². The summed E-state index contributed by atoms with van der Waals surface area (Å²) >= 11 is 0. The highest BCUT2D eigenvalue weighted by Gasteiger charge is 2.07. The Morgan fingerprint density at radius 3 is 2.44 bits per heavy atom. The molecule has 0 aromatic heterocycles. The molecule has 1 aromatic carbocycles. The first-order valence-electron chi connectivity index (χ1n) is 6.45. The fourth-order valence-electron chi connectivity index (χ4n) is 1.74. The molecule has 1 aromatic rings. The van der Waals surface area contributed by atoms with Crippen molar-refractivity contribution < 1.29 is 9.53 Å². The zero-order valence-electron chi connectivity index (χ0n) is 11.9. The number of benzene rings is 1. The molecule has 3 heteroatoms. The summed E-state index contributed by atoms with van der Waals surface area (Å²) in [6.07, 6.45) is 0.667. The smallest absolute Gasteiger partial charge is 0.224 e. The minimum absolute atomic E-state index is 0.0473. The largest absolute Gasteiger partial charge is 0.491 e. The highest BCUT2D eigenvalue weighted by atomic mass is 16.5. The zero-order valence-corrected chi connectivity index (χ0v) is 11.9. The van der Waals surface area contributed by atoms with Gasteiger partial charge in [-0.25, -0.2) is 0 Å². The van der Waals surface area contributed by atoms with E-state index in [2.05, 4.69) is 5.32 Å². The van der Waals surface area contributed by atoms with Crippen molar-refractivity contribution in [1.29, 1.82) is 0 Å². The molecule has 1 rings (SSSR count). The predicted molar refractivity (Wildman–Crippen MR) is 75.0 cm³/mol. The summed E-state index contributed by atoms with van der Waals surface area (Å²) in [5, 5.41) is 2.91. The maximum atomic E-state index is 11.7. The number of aryl methyl sites for hydroxylation is 1. The van der Waals surface area contributed by atoms with Crippen molar-refractivity contribution in [3.8, 4) is 5.75 Å². The molecule has 3 nitrogen and oxygen atoms in total. The van der Waals surface area contributed by atoms with E-state index in [1.54, 1.807) is 0 Å². The molecule has 1 amide bonds. The van der Waals surface area contributed by atoms with E-state index in [0.717, 1.165) is 17.0 Å². The van der Waals surface area contributed by atoms with Gasteiger partial charge in [0, 0.05) is 18.2 Å². The summed E-state index contributed by atoms with van der Waals surface area (Å²) in [4.78, 5) is 11.7. The number of amides is 1. The maximum absolute atomic E-state index is 11.7. The molecule has 0 saturated carbocycles. The van der Waals surface area contributed by atoms with Crippen LogP contribution in [-0.4, -0.2) is 12.0 Å². The number of ether oxygens (including phenoxy) is 1. The number of nitrogens with one attached hydrogen (secondary N) is 1. The van der Waals surface area contributed by atoms with Crippen LogP contribution in [0.15, 0.2) is 18.2 Å². The normalized spacial score (nSPS) is 10.8. The van der Waals surface area contributed by atoms with Crippen LogP contribution in [0.3, 0.4) is 0 Å². The molecule has 0 aliphatic rings. The van der Waals surface area contributed by atoms with E-state index in [1.165, 1.54) is 0 Å². The van der Waals surface area contributed by atoms with E-state index in [1.807, 2.05) is 52.8 Å². The molecule has 0 radical (unpaired) electrons. The molecule has 0 bridgehead atoms. The van der Waals surface area contributed by atoms with Gasteiger partial charge in [-0.3, -0.25) is 4.79 Å². The topological polar surface area (TPSA) is 38.3 Å². The fraction of sp³-hybridized carbons (Fsp3) is 0.533. The third kappa shape index (κ3) is 5.21. The highest BCUT2D eigenvalue weighted by molar-refractivity contribution is 5.91. The lowest BCUT2D eigenvalue weighted by Gasteiger charge is -2.13. The monoisotopic (exact) mass is 249 g/mol. The number of hydrogen-bond donors (Lipinski definition) is 1. The van der Waals surface area contributed by atoms with Gasteiger partial charge in [-0.2, -0.15) is 0 Å². The first kappa shape index (κ1) is 14.6. The van der Waals surface area contributed by atoms with Crippen LogP contribution in [0.1, 0.15) is 39.7 Å². The lowest BCUT2D eigenvalue weighted by molar-refractivity contribution is -0.116. The second kappa shape index (κ2) is 6.43. The molecule has 0 aliphatic carbocycles. The molecule has 18 heavy (non-hydrogen) atoms. The van der Waals surface area contributed by atoms with Crippen LogP contribution in [0.2, 0.25) is 0 Å². The fourth-order valence-corrected chi connectivity index (χ4v) is 1.74. The third-order valence-corrected chi connectivity index (χ3v) is 2.30. The van der Waals surface area contributed by atoms with Crippen LogP contribution >= 0.6 is 0 Å². The van der Waals surface area contributed by atoms with Crippen molar-refractivity contribution >= 4 is 11.6 Å². The average molecular weight is 249 g/mol. The zero-order chi connectivity index (χ0) is 13.7. The quantitative estimate of drug-likeness (QED) is 0.862. The Hall–Kier alpha value is -1.51. The van der Waals surface area contributed by atoms with Gasteiger partial charge in [0.15, 0.2) is 0 Å². The number of hydrogen-bond acceptors (Lipinski definition) is 2. The van der Waals surface area contributed by atoms with Crippen LogP contribution in [-0.2, 0) is 4.79 Å². The molecule has 0 atom stereocenters. The van der Waals surface area contributed by atoms with Crippen LogP contribution in [0.5, 0.6) is 5.75 Å². The summed E-state index contributed by atoms with van der Waals surface area (Å²) in [5.74, 6) is 1.21. The number of anilines is 1. The van der Waals surface area contributed by atoms with Crippen molar-refractivity contribution in [3.05, 3.63) is 23.8 Å². The second-order valence-corrected chi connectivity index (χ2v) is 5.35. The lowest BCUT2D eigenvalue weighted by Crippen LogP contribution is -2.14. The third-order valence-electron chi connectivity index (χ3n) is 2.30. The predicted octanol–water partition coefficient (Wildman–Crippen LogP) is 3.77. The van der Waals surface area contributed by atoms with Gasteiger partial charge in [-0.1, -0.05) is 13.8 Å². The first-order valence-corrected chi connectivity index (χ1v) is 6.45. The van der Waals surface area contributed by atoms with Crippen molar-refractivity contribution in [1.82, 2.24) is 0 Å². The van der Waals surface area contributed by atoms with Gasteiger partial charge < -0.3 is 10.1 Å². The second-order valence-electron chi connectivity index (χ2n) is 5.35. The van der Waals surface area contributed by atoms with Crippen molar-refractivity contribution in [2.45, 2.75) is 47.1 Å². The van der Waals surface area contributed by atoms with Gasteiger partial charge in [-0.05, 0) is 44.4 Å². The minimum atomic E-state index is 0.0473. The van der Waals surface area contributed by atoms with Crippen molar-refractivity contribution in [2.75, 3.05) is 5.32 Å². The first-order chi connectivity index (χ1) is 8.36. The van der Waals surface area contributed by atoms with Crippen molar-refractivity contribution in [3.63, 3.8) is 0 Å². The summed E-state index contributed by atoms with van der Waals surface area (Å²) in [7, 11) is 0. The molecule has 0 unspecified atom stereocenters. The van der Waals surface area contributed by atoms with Gasteiger partial charge in [0.25, 0.3) is 0 Å². The Labute approximate surface area is 110 Å². The van der Waals surface area contributed by atoms with E-state index >= 15 is 0 Å². The summed E-state index contributed by atoms with van der Waals surface area (Å²) in [6.45, 7) is 10.0. The Bertz CT molecular complexity index is 411. The molecule has 0 fully saturated rings. The number of carbonyl (C=O) groups is 1. The molecular weight excluding hydrogens is 226 g/mol. The SMILES string of the molecule is Cc1cc(NC(=O)CC(C)C)cc(OC(C)C)c1. The standard InChI is InChI=1S/C15H23NO2/c1-10(2)6-15(17)16-13-7-12(5)8-14(9-13)18-11(3)4/h7-11H,6H2,1-5H3,(H,16,17). The number of rotatable bonds is 5. The maximum Gasteiger partial charge on any atom is 0.224 e. The van der Waals surface area contributed by atoms with Gasteiger partial charge in [-0.15, -0.1) is 0 Å². The van der Waals surface area contributed by atoms with E-state index < -0.39 is 0 Å². The van der Waals surface area contributed by atoms with Gasteiger partial charge >= 0.3 is 0 Å². The Balaban J connectivity index is 2.76. The molecule has 0 heterocycles. The highest BCUT2D eigenvalue weighted by Crippen LogP contribution is 2.22. The minimum Gasteiger partial charge on any atom is -0.491 e. The molecule has 0 aliphatic heterocycles. The number of carbonyl (C=O) groups excluding carboxylic acids is 1. The summed E-state index contributed by atoms with van der Waals surface area (Å²) in [5.41, 5.74) is 1.88. The van der Waals surface area contributed by atoms with E-state index in [4.69, 9.17) is 4.74 Å². The molecule has 0 spiro atoms. The molecule has 1 N–H and O–H groups in total. The van der Waals surface area contributed by atoms with Gasteiger partial charge in [0.05, 0.1) is 6.10 Å². The molecule has 0 saturated heterocycles. The van der Waals surface area contributed by atoms with E-state index in [0.29, 0.717) is 12.3 Å². The van der Waals surface area contributed by atoms with Crippen LogP contribution in [0.4, 0.5) is 5.69 Å². The van der Waals surface area contributed by atoms with E-state index in [9.17, 15) is 4.79 Å². The molecule has 100 valence electrons. The van der Waals surface area contributed by atoms with Gasteiger partial charge in [0.2, 0.25) is 5.91 Å². The Morgan fingerprint density at radius 1 is 1.22 bits per heavy atom. The Morgan fingerprint density at radius 2 is 1.89 bits per heavy atom. The summed E-state index contributed by atoms with van der Waals surface area (Å²) < 4.78 is 5.65. The van der Waals surface area contributed by atoms with Crippen LogP contribution in [0, 0.1) is 12.8 Å². The van der Waals surface area contributed by atoms with Crippen molar-refractivity contribution in [2.24, 2.45) is 5.92 Å². The summed E-state index contributed by atoms with van der Waals surface area (Å²) in [6, 6.07) is 5.79.